The third-order valence-corrected chi connectivity index (χ3v) is 2.20. The molecule has 7 nitrogen and oxygen atoms in total. The Labute approximate surface area is 96.6 Å². The summed E-state index contributed by atoms with van der Waals surface area (Å²) in [5, 5.41) is 20.6. The lowest BCUT2D eigenvalue weighted by Crippen LogP contribution is -2.02. The second-order valence-electron chi connectivity index (χ2n) is 3.29. The number of carbonyl (C=O) groups is 1. The number of carboxylic acid groups (broad SMARTS) is 1. The molecule has 17 heavy (non-hydrogen) atoms. The van der Waals surface area contributed by atoms with Crippen molar-refractivity contribution >= 4 is 5.97 Å². The Morgan fingerprint density at radius 2 is 2.24 bits per heavy atom. The third kappa shape index (κ3) is 1.94. The zero-order valence-electron chi connectivity index (χ0n) is 9.28. The first-order valence-corrected chi connectivity index (χ1v) is 4.78. The molecule has 1 N–H and O–H groups in total. The second kappa shape index (κ2) is 4.20. The van der Waals surface area contributed by atoms with Crippen LogP contribution in [0.15, 0.2) is 18.2 Å². The lowest BCUT2D eigenvalue weighted by Gasteiger charge is -2.07. The van der Waals surface area contributed by atoms with Gasteiger partial charge in [-0.05, 0) is 17.3 Å². The third-order valence-electron chi connectivity index (χ3n) is 2.20. The number of aromatic nitrogens is 4. The highest BCUT2D eigenvalue weighted by molar-refractivity contribution is 5.93. The first-order valence-electron chi connectivity index (χ1n) is 4.78. The van der Waals surface area contributed by atoms with Crippen LogP contribution in [0.4, 0.5) is 0 Å². The molecular formula is C10H10N4O3. The van der Waals surface area contributed by atoms with Crippen LogP contribution in [0.3, 0.4) is 0 Å². The number of aryl methyl sites for hydroxylation is 1. The minimum Gasteiger partial charge on any atom is -0.495 e. The van der Waals surface area contributed by atoms with Gasteiger partial charge in [-0.15, -0.1) is 10.2 Å². The van der Waals surface area contributed by atoms with Gasteiger partial charge in [0.05, 0.1) is 19.7 Å². The predicted octanol–water partition coefficient (Wildman–Crippen LogP) is 0.584. The van der Waals surface area contributed by atoms with Crippen LogP contribution >= 0.6 is 0 Å². The molecule has 0 unspecified atom stereocenters. The van der Waals surface area contributed by atoms with E-state index in [1.54, 1.807) is 19.2 Å². The summed E-state index contributed by atoms with van der Waals surface area (Å²) in [7, 11) is 3.03. The van der Waals surface area contributed by atoms with Crippen molar-refractivity contribution in [2.45, 2.75) is 0 Å². The van der Waals surface area contributed by atoms with Crippen LogP contribution in [0, 0.1) is 0 Å². The standard InChI is InChI=1S/C10H10N4O3/c1-14-12-9(11-13-14)6-4-3-5-7(10(15)16)8(6)17-2/h3-5H,1-2H3,(H,15,16). The van der Waals surface area contributed by atoms with Gasteiger partial charge in [0.1, 0.15) is 11.3 Å². The zero-order chi connectivity index (χ0) is 12.4. The largest absolute Gasteiger partial charge is 0.495 e. The summed E-state index contributed by atoms with van der Waals surface area (Å²) >= 11 is 0. The molecule has 0 bridgehead atoms. The van der Waals surface area contributed by atoms with Crippen molar-refractivity contribution < 1.29 is 14.6 Å². The first-order chi connectivity index (χ1) is 8.13. The summed E-state index contributed by atoms with van der Waals surface area (Å²) in [4.78, 5) is 12.3. The molecule has 0 radical (unpaired) electrons. The number of tetrazole rings is 1. The highest BCUT2D eigenvalue weighted by Crippen LogP contribution is 2.30. The Bertz CT molecular complexity index is 564. The van der Waals surface area contributed by atoms with E-state index in [9.17, 15) is 4.79 Å². The molecule has 1 heterocycles. The molecule has 0 saturated heterocycles. The average Bonchev–Trinajstić information content (AvgIpc) is 2.74. The van der Waals surface area contributed by atoms with E-state index >= 15 is 0 Å². The molecule has 88 valence electrons. The Kier molecular flexibility index (Phi) is 2.73. The maximum Gasteiger partial charge on any atom is 0.339 e. The molecule has 0 aliphatic heterocycles. The molecule has 0 spiro atoms. The molecule has 0 aliphatic carbocycles. The summed E-state index contributed by atoms with van der Waals surface area (Å²) in [6, 6.07) is 4.75. The maximum absolute atomic E-state index is 11.0. The lowest BCUT2D eigenvalue weighted by atomic mass is 10.1. The van der Waals surface area contributed by atoms with Crippen molar-refractivity contribution in [1.82, 2.24) is 20.2 Å². The van der Waals surface area contributed by atoms with Gasteiger partial charge in [0.2, 0.25) is 5.82 Å². The highest BCUT2D eigenvalue weighted by atomic mass is 16.5. The van der Waals surface area contributed by atoms with Crippen LogP contribution in [-0.4, -0.2) is 38.4 Å². The van der Waals surface area contributed by atoms with E-state index in [0.717, 1.165) is 0 Å². The zero-order valence-corrected chi connectivity index (χ0v) is 9.28. The molecule has 2 aromatic rings. The van der Waals surface area contributed by atoms with E-state index in [2.05, 4.69) is 15.4 Å². The number of hydrogen-bond donors (Lipinski definition) is 1. The van der Waals surface area contributed by atoms with Gasteiger partial charge in [-0.2, -0.15) is 4.80 Å². The average molecular weight is 234 g/mol. The van der Waals surface area contributed by atoms with Crippen LogP contribution in [0.1, 0.15) is 10.4 Å². The van der Waals surface area contributed by atoms with Gasteiger partial charge in [0.25, 0.3) is 0 Å². The Morgan fingerprint density at radius 1 is 1.47 bits per heavy atom. The van der Waals surface area contributed by atoms with Gasteiger partial charge in [-0.1, -0.05) is 6.07 Å². The molecule has 0 aliphatic rings. The van der Waals surface area contributed by atoms with Gasteiger partial charge < -0.3 is 9.84 Å². The van der Waals surface area contributed by atoms with E-state index in [0.29, 0.717) is 11.4 Å². The molecule has 1 aromatic heterocycles. The fourth-order valence-electron chi connectivity index (χ4n) is 1.49. The fraction of sp³-hybridized carbons (Fsp3) is 0.200. The first kappa shape index (κ1) is 11.1. The van der Waals surface area contributed by atoms with Crippen LogP contribution in [-0.2, 0) is 7.05 Å². The Morgan fingerprint density at radius 3 is 2.76 bits per heavy atom. The van der Waals surface area contributed by atoms with E-state index < -0.39 is 5.97 Å². The molecule has 0 amide bonds. The van der Waals surface area contributed by atoms with Gasteiger partial charge >= 0.3 is 5.97 Å². The number of ether oxygens (including phenoxy) is 1. The van der Waals surface area contributed by atoms with Crippen LogP contribution in [0.25, 0.3) is 11.4 Å². The van der Waals surface area contributed by atoms with Gasteiger partial charge in [0, 0.05) is 0 Å². The van der Waals surface area contributed by atoms with Crippen molar-refractivity contribution in [3.63, 3.8) is 0 Å². The number of methoxy groups -OCH3 is 1. The molecule has 7 heteroatoms. The summed E-state index contributed by atoms with van der Waals surface area (Å²) in [6.07, 6.45) is 0. The smallest absolute Gasteiger partial charge is 0.339 e. The van der Waals surface area contributed by atoms with E-state index in [4.69, 9.17) is 9.84 Å². The molecule has 1 aromatic carbocycles. The van der Waals surface area contributed by atoms with Crippen molar-refractivity contribution in [2.75, 3.05) is 7.11 Å². The number of benzene rings is 1. The van der Waals surface area contributed by atoms with E-state index in [1.165, 1.54) is 18.0 Å². The topological polar surface area (TPSA) is 90.1 Å². The van der Waals surface area contributed by atoms with Crippen LogP contribution in [0.2, 0.25) is 0 Å². The SMILES string of the molecule is COc1c(C(=O)O)cccc1-c1nnn(C)n1. The molecular weight excluding hydrogens is 224 g/mol. The van der Waals surface area contributed by atoms with Crippen molar-refractivity contribution in [3.8, 4) is 17.1 Å². The van der Waals surface area contributed by atoms with Crippen molar-refractivity contribution in [2.24, 2.45) is 7.05 Å². The van der Waals surface area contributed by atoms with Gasteiger partial charge in [-0.25, -0.2) is 4.79 Å². The summed E-state index contributed by atoms with van der Waals surface area (Å²) < 4.78 is 5.10. The summed E-state index contributed by atoms with van der Waals surface area (Å²) in [5.74, 6) is -0.506. The normalized spacial score (nSPS) is 10.2. The molecule has 0 fully saturated rings. The fourth-order valence-corrected chi connectivity index (χ4v) is 1.49. The van der Waals surface area contributed by atoms with Gasteiger partial charge in [0.15, 0.2) is 0 Å². The Hall–Kier alpha value is -2.44. The molecule has 2 rings (SSSR count). The summed E-state index contributed by atoms with van der Waals surface area (Å²) in [6.45, 7) is 0. The quantitative estimate of drug-likeness (QED) is 0.835. The molecule has 0 atom stereocenters. The number of rotatable bonds is 3. The number of nitrogens with zero attached hydrogens (tertiary/aromatic N) is 4. The van der Waals surface area contributed by atoms with Crippen molar-refractivity contribution in [3.05, 3.63) is 23.8 Å². The lowest BCUT2D eigenvalue weighted by molar-refractivity contribution is 0.0693. The number of hydrogen-bond acceptors (Lipinski definition) is 5. The van der Waals surface area contributed by atoms with Gasteiger partial charge in [-0.3, -0.25) is 0 Å². The minimum atomic E-state index is -1.06. The second-order valence-corrected chi connectivity index (χ2v) is 3.29. The Balaban J connectivity index is 2.61. The van der Waals surface area contributed by atoms with Crippen LogP contribution < -0.4 is 4.74 Å². The number of para-hydroxylation sites is 1. The highest BCUT2D eigenvalue weighted by Gasteiger charge is 2.18. The van der Waals surface area contributed by atoms with Crippen molar-refractivity contribution in [1.29, 1.82) is 0 Å². The predicted molar refractivity (Wildman–Crippen MR) is 57.7 cm³/mol. The number of aromatic carboxylic acids is 1. The maximum atomic E-state index is 11.0. The van der Waals surface area contributed by atoms with Crippen LogP contribution in [0.5, 0.6) is 5.75 Å². The summed E-state index contributed by atoms with van der Waals surface area (Å²) in [5.41, 5.74) is 0.568. The van der Waals surface area contributed by atoms with E-state index in [-0.39, 0.29) is 11.3 Å². The van der Waals surface area contributed by atoms with E-state index in [1.807, 2.05) is 0 Å². The minimum absolute atomic E-state index is 0.0671. The monoisotopic (exact) mass is 234 g/mol. The number of carboxylic acids is 1. The molecule has 0 saturated carbocycles.